The van der Waals surface area contributed by atoms with Crippen LogP contribution < -0.4 is 10.5 Å². The van der Waals surface area contributed by atoms with Gasteiger partial charge in [-0.3, -0.25) is 4.79 Å². The number of Topliss-reactive ketones (excluding diaryl/α,β-unsaturated/α-hetero) is 1. The third-order valence-corrected chi connectivity index (χ3v) is 5.90. The highest BCUT2D eigenvalue weighted by molar-refractivity contribution is 6.11. The molecule has 2 aromatic carbocycles. The van der Waals surface area contributed by atoms with Gasteiger partial charge in [0.05, 0.1) is 0 Å². The maximum absolute atomic E-state index is 13.7. The van der Waals surface area contributed by atoms with E-state index in [9.17, 15) is 14.7 Å². The molecule has 4 rings (SSSR count). The SMILES string of the molecule is CCC(OC(N)=O)C12C(=O)c3ccccc3C1(O)Oc1cc(C(C)C)ccc12. The maximum atomic E-state index is 13.7. The van der Waals surface area contributed by atoms with Gasteiger partial charge in [-0.25, -0.2) is 4.79 Å². The molecular formula is C22H23NO5. The van der Waals surface area contributed by atoms with Crippen molar-refractivity contribution in [3.05, 3.63) is 64.7 Å². The third-order valence-electron chi connectivity index (χ3n) is 5.90. The van der Waals surface area contributed by atoms with Crippen molar-refractivity contribution in [1.29, 1.82) is 0 Å². The summed E-state index contributed by atoms with van der Waals surface area (Å²) in [6.45, 7) is 5.88. The van der Waals surface area contributed by atoms with Gasteiger partial charge in [0.2, 0.25) is 0 Å². The quantitative estimate of drug-likeness (QED) is 0.846. The van der Waals surface area contributed by atoms with E-state index in [0.29, 0.717) is 22.4 Å². The standard InChI is InChI=1S/C22H23NO5/c1-4-18(27-20(23)25)21-16-10-9-13(12(2)3)11-17(16)28-22(21,26)15-8-6-5-7-14(15)19(21)24/h5-12,18,26H,4H2,1-3H3,(H2,23,25). The first-order valence-corrected chi connectivity index (χ1v) is 9.43. The Morgan fingerprint density at radius 1 is 1.21 bits per heavy atom. The molecule has 0 saturated carbocycles. The predicted molar refractivity (Wildman–Crippen MR) is 102 cm³/mol. The lowest BCUT2D eigenvalue weighted by Gasteiger charge is -2.38. The van der Waals surface area contributed by atoms with Crippen molar-refractivity contribution in [2.24, 2.45) is 5.73 Å². The van der Waals surface area contributed by atoms with Gasteiger partial charge in [-0.15, -0.1) is 0 Å². The highest BCUT2D eigenvalue weighted by Crippen LogP contribution is 2.62. The number of rotatable bonds is 4. The number of ether oxygens (including phenoxy) is 2. The van der Waals surface area contributed by atoms with Crippen molar-refractivity contribution in [2.45, 2.75) is 50.4 Å². The van der Waals surface area contributed by atoms with Gasteiger partial charge in [-0.2, -0.15) is 0 Å². The van der Waals surface area contributed by atoms with E-state index >= 15 is 0 Å². The van der Waals surface area contributed by atoms with Crippen LogP contribution in [0.25, 0.3) is 0 Å². The van der Waals surface area contributed by atoms with Crippen LogP contribution in [0.2, 0.25) is 0 Å². The number of hydrogen-bond acceptors (Lipinski definition) is 5. The first kappa shape index (κ1) is 18.5. The molecule has 6 heteroatoms. The van der Waals surface area contributed by atoms with Crippen molar-refractivity contribution >= 4 is 11.9 Å². The molecule has 3 atom stereocenters. The second kappa shape index (κ2) is 6.07. The molecule has 1 aliphatic carbocycles. The van der Waals surface area contributed by atoms with Crippen LogP contribution in [0.15, 0.2) is 42.5 Å². The normalized spacial score (nSPS) is 25.7. The summed E-state index contributed by atoms with van der Waals surface area (Å²) in [6.07, 6.45) is -1.71. The van der Waals surface area contributed by atoms with E-state index in [1.54, 1.807) is 37.3 Å². The Morgan fingerprint density at radius 2 is 1.93 bits per heavy atom. The maximum Gasteiger partial charge on any atom is 0.404 e. The molecule has 0 aromatic heterocycles. The van der Waals surface area contributed by atoms with Crippen molar-refractivity contribution < 1.29 is 24.2 Å². The minimum atomic E-state index is -1.98. The molecule has 2 aliphatic rings. The molecule has 1 aliphatic heterocycles. The van der Waals surface area contributed by atoms with E-state index in [0.717, 1.165) is 5.56 Å². The van der Waals surface area contributed by atoms with Crippen LogP contribution in [0, 0.1) is 0 Å². The van der Waals surface area contributed by atoms with Crippen LogP contribution in [0.1, 0.15) is 60.2 Å². The monoisotopic (exact) mass is 381 g/mol. The molecule has 28 heavy (non-hydrogen) atoms. The first-order chi connectivity index (χ1) is 13.3. The summed E-state index contributed by atoms with van der Waals surface area (Å²) in [4.78, 5) is 25.3. The number of primary amides is 1. The molecule has 146 valence electrons. The summed E-state index contributed by atoms with van der Waals surface area (Å²) in [5.74, 6) is -1.65. The van der Waals surface area contributed by atoms with Crippen molar-refractivity contribution in [3.8, 4) is 5.75 Å². The Balaban J connectivity index is 2.02. The van der Waals surface area contributed by atoms with Crippen molar-refractivity contribution in [1.82, 2.24) is 0 Å². The smallest absolute Gasteiger partial charge is 0.404 e. The molecule has 0 spiro atoms. The van der Waals surface area contributed by atoms with Crippen molar-refractivity contribution in [3.63, 3.8) is 0 Å². The Labute approximate surface area is 163 Å². The lowest BCUT2D eigenvalue weighted by atomic mass is 9.69. The summed E-state index contributed by atoms with van der Waals surface area (Å²) in [5, 5.41) is 11.8. The second-order valence-corrected chi connectivity index (χ2v) is 7.67. The lowest BCUT2D eigenvalue weighted by Crippen LogP contribution is -2.57. The number of nitrogens with two attached hydrogens (primary N) is 1. The number of benzene rings is 2. The summed E-state index contributed by atoms with van der Waals surface area (Å²) < 4.78 is 11.4. The molecule has 1 amide bonds. The summed E-state index contributed by atoms with van der Waals surface area (Å²) >= 11 is 0. The van der Waals surface area contributed by atoms with E-state index in [-0.39, 0.29) is 18.1 Å². The molecule has 1 heterocycles. The van der Waals surface area contributed by atoms with Gasteiger partial charge >= 0.3 is 6.09 Å². The number of ketones is 1. The van der Waals surface area contributed by atoms with Gasteiger partial charge in [0.15, 0.2) is 11.2 Å². The van der Waals surface area contributed by atoms with E-state index in [1.165, 1.54) is 0 Å². The number of carbonyl (C=O) groups is 2. The number of amides is 1. The van der Waals surface area contributed by atoms with Crippen LogP contribution in [0.5, 0.6) is 5.75 Å². The Bertz CT molecular complexity index is 985. The molecule has 0 fully saturated rings. The number of aliphatic hydroxyl groups is 1. The van der Waals surface area contributed by atoms with Gasteiger partial charge in [0.25, 0.3) is 5.79 Å². The fourth-order valence-corrected chi connectivity index (χ4v) is 4.62. The molecule has 3 N–H and O–H groups in total. The molecule has 3 unspecified atom stereocenters. The van der Waals surface area contributed by atoms with Crippen LogP contribution >= 0.6 is 0 Å². The van der Waals surface area contributed by atoms with E-state index in [2.05, 4.69) is 0 Å². The first-order valence-electron chi connectivity index (χ1n) is 9.43. The second-order valence-electron chi connectivity index (χ2n) is 7.67. The predicted octanol–water partition coefficient (Wildman–Crippen LogP) is 3.36. The fourth-order valence-electron chi connectivity index (χ4n) is 4.62. The van der Waals surface area contributed by atoms with Crippen LogP contribution in [-0.2, 0) is 15.9 Å². The highest BCUT2D eigenvalue weighted by atomic mass is 16.6. The van der Waals surface area contributed by atoms with Crippen molar-refractivity contribution in [2.75, 3.05) is 0 Å². The van der Waals surface area contributed by atoms with E-state index < -0.39 is 23.4 Å². The summed E-state index contributed by atoms with van der Waals surface area (Å²) in [7, 11) is 0. The van der Waals surface area contributed by atoms with Crippen LogP contribution in [0.3, 0.4) is 0 Å². The van der Waals surface area contributed by atoms with Gasteiger partial charge < -0.3 is 20.3 Å². The Kier molecular flexibility index (Phi) is 4.01. The topological polar surface area (TPSA) is 98.9 Å². The third kappa shape index (κ3) is 2.12. The van der Waals surface area contributed by atoms with Gasteiger partial charge in [0.1, 0.15) is 11.9 Å². The fraction of sp³-hybridized carbons (Fsp3) is 0.364. The number of carbonyl (C=O) groups excluding carboxylic acids is 2. The number of fused-ring (bicyclic) bond motifs is 5. The molecular weight excluding hydrogens is 358 g/mol. The largest absolute Gasteiger partial charge is 0.456 e. The van der Waals surface area contributed by atoms with Crippen LogP contribution in [-0.4, -0.2) is 23.1 Å². The zero-order chi connectivity index (χ0) is 20.3. The zero-order valence-corrected chi connectivity index (χ0v) is 16.1. The lowest BCUT2D eigenvalue weighted by molar-refractivity contribution is -0.186. The van der Waals surface area contributed by atoms with Crippen LogP contribution in [0.4, 0.5) is 4.79 Å². The summed E-state index contributed by atoms with van der Waals surface area (Å²) in [5.41, 5.74) is 5.94. The van der Waals surface area contributed by atoms with E-state index in [4.69, 9.17) is 15.2 Å². The van der Waals surface area contributed by atoms with E-state index in [1.807, 2.05) is 26.0 Å². The van der Waals surface area contributed by atoms with Gasteiger partial charge in [0, 0.05) is 16.7 Å². The highest BCUT2D eigenvalue weighted by Gasteiger charge is 2.74. The minimum Gasteiger partial charge on any atom is -0.456 e. The Hall–Kier alpha value is -2.86. The zero-order valence-electron chi connectivity index (χ0n) is 16.1. The average molecular weight is 381 g/mol. The molecule has 0 bridgehead atoms. The number of hydrogen-bond donors (Lipinski definition) is 2. The summed E-state index contributed by atoms with van der Waals surface area (Å²) in [6, 6.07) is 12.3. The minimum absolute atomic E-state index is 0.242. The molecule has 2 aromatic rings. The van der Waals surface area contributed by atoms with Gasteiger partial charge in [-0.05, 0) is 24.0 Å². The molecule has 0 saturated heterocycles. The average Bonchev–Trinajstić information content (AvgIpc) is 3.03. The molecule has 0 radical (unpaired) electrons. The van der Waals surface area contributed by atoms with Gasteiger partial charge in [-0.1, -0.05) is 57.2 Å². The molecule has 6 nitrogen and oxygen atoms in total. The Morgan fingerprint density at radius 3 is 2.57 bits per heavy atom.